The second kappa shape index (κ2) is 5.02. The van der Waals surface area contributed by atoms with Gasteiger partial charge in [0.15, 0.2) is 0 Å². The van der Waals surface area contributed by atoms with Gasteiger partial charge in [0, 0.05) is 17.0 Å². The number of hydrogen-bond acceptors (Lipinski definition) is 2. The first-order valence-electron chi connectivity index (χ1n) is 4.55. The molecule has 1 aromatic rings. The van der Waals surface area contributed by atoms with Crippen molar-refractivity contribution < 1.29 is 4.79 Å². The molecule has 1 amide bonds. The molecule has 0 heterocycles. The molecule has 15 heavy (non-hydrogen) atoms. The van der Waals surface area contributed by atoms with Crippen LogP contribution in [-0.2, 0) is 6.42 Å². The second-order valence-corrected chi connectivity index (χ2v) is 3.22. The number of aryl methyl sites for hydroxylation is 1. The molecule has 0 aromatic heterocycles. The number of benzene rings is 1. The van der Waals surface area contributed by atoms with Crippen molar-refractivity contribution in [2.24, 2.45) is 10.8 Å². The Bertz CT molecular complexity index is 421. The molecule has 0 saturated heterocycles. The highest BCUT2D eigenvalue weighted by molar-refractivity contribution is 5.94. The Morgan fingerprint density at radius 3 is 2.87 bits per heavy atom. The highest BCUT2D eigenvalue weighted by Gasteiger charge is 2.04. The Hall–Kier alpha value is -2.00. The minimum atomic E-state index is -0.422. The van der Waals surface area contributed by atoms with Crippen LogP contribution in [0.15, 0.2) is 23.3 Å². The molecule has 0 atom stereocenters. The molecule has 0 aliphatic rings. The van der Waals surface area contributed by atoms with Crippen LogP contribution in [0.4, 0.5) is 0 Å². The van der Waals surface area contributed by atoms with E-state index in [1.807, 2.05) is 19.1 Å². The molecule has 0 aliphatic carbocycles. The number of rotatable bonds is 4. The summed E-state index contributed by atoms with van der Waals surface area (Å²) in [5.41, 5.74) is 15.7. The normalized spacial score (nSPS) is 9.40. The average Bonchev–Trinajstić information content (AvgIpc) is 2.17. The van der Waals surface area contributed by atoms with Crippen molar-refractivity contribution >= 4 is 5.91 Å². The van der Waals surface area contributed by atoms with Gasteiger partial charge in [0.2, 0.25) is 5.91 Å². The number of carbonyl (C=O) groups excluding carboxylic acids is 1. The van der Waals surface area contributed by atoms with E-state index in [9.17, 15) is 4.79 Å². The van der Waals surface area contributed by atoms with Gasteiger partial charge in [-0.3, -0.25) is 4.79 Å². The number of nitrogens with zero attached hydrogens (tertiary/aromatic N) is 3. The highest BCUT2D eigenvalue weighted by Crippen LogP contribution is 2.11. The summed E-state index contributed by atoms with van der Waals surface area (Å²) < 4.78 is 0. The minimum absolute atomic E-state index is 0.422. The van der Waals surface area contributed by atoms with Crippen molar-refractivity contribution in [2.75, 3.05) is 6.54 Å². The van der Waals surface area contributed by atoms with Gasteiger partial charge in [0.25, 0.3) is 0 Å². The summed E-state index contributed by atoms with van der Waals surface area (Å²) in [5.74, 6) is -0.422. The van der Waals surface area contributed by atoms with Gasteiger partial charge in [0.1, 0.15) is 0 Å². The van der Waals surface area contributed by atoms with Gasteiger partial charge in [-0.05, 0) is 36.1 Å². The molecule has 5 heteroatoms. The van der Waals surface area contributed by atoms with Crippen LogP contribution in [0.3, 0.4) is 0 Å². The number of primary amides is 1. The van der Waals surface area contributed by atoms with E-state index in [1.165, 1.54) is 0 Å². The maximum atomic E-state index is 10.9. The molecule has 0 bridgehead atoms. The summed E-state index contributed by atoms with van der Waals surface area (Å²) in [6.45, 7) is 2.25. The second-order valence-electron chi connectivity index (χ2n) is 3.22. The Morgan fingerprint density at radius 2 is 2.33 bits per heavy atom. The summed E-state index contributed by atoms with van der Waals surface area (Å²) in [5, 5.41) is 3.44. The predicted octanol–water partition coefficient (Wildman–Crippen LogP) is 1.95. The standard InChI is InChI=1S/C10H12N4O/c1-7-6-8(4-5-13-14-12)2-3-9(7)10(11)15/h2-3,6H,4-5H2,1H3,(H2,11,15). The molecule has 0 fully saturated rings. The third-order valence-electron chi connectivity index (χ3n) is 2.12. The van der Waals surface area contributed by atoms with Crippen molar-refractivity contribution in [1.29, 1.82) is 0 Å². The van der Waals surface area contributed by atoms with Crippen molar-refractivity contribution in [3.8, 4) is 0 Å². The van der Waals surface area contributed by atoms with Crippen molar-refractivity contribution in [3.05, 3.63) is 45.3 Å². The Morgan fingerprint density at radius 1 is 1.60 bits per heavy atom. The Kier molecular flexibility index (Phi) is 3.71. The lowest BCUT2D eigenvalue weighted by molar-refractivity contribution is 0.0999. The summed E-state index contributed by atoms with van der Waals surface area (Å²) in [4.78, 5) is 13.6. The fourth-order valence-electron chi connectivity index (χ4n) is 1.38. The lowest BCUT2D eigenvalue weighted by atomic mass is 10.0. The average molecular weight is 204 g/mol. The SMILES string of the molecule is Cc1cc(CCN=[N+]=[N-])ccc1C(N)=O. The maximum absolute atomic E-state index is 10.9. The van der Waals surface area contributed by atoms with Crippen LogP contribution in [0.2, 0.25) is 0 Å². The fourth-order valence-corrected chi connectivity index (χ4v) is 1.38. The minimum Gasteiger partial charge on any atom is -0.366 e. The highest BCUT2D eigenvalue weighted by atomic mass is 16.1. The molecule has 0 radical (unpaired) electrons. The van der Waals surface area contributed by atoms with Gasteiger partial charge in [-0.2, -0.15) is 0 Å². The monoisotopic (exact) mass is 204 g/mol. The van der Waals surface area contributed by atoms with E-state index in [2.05, 4.69) is 10.0 Å². The molecule has 2 N–H and O–H groups in total. The van der Waals surface area contributed by atoms with Crippen molar-refractivity contribution in [1.82, 2.24) is 0 Å². The molecule has 0 spiro atoms. The van der Waals surface area contributed by atoms with Crippen LogP contribution in [0.5, 0.6) is 0 Å². The van der Waals surface area contributed by atoms with Crippen LogP contribution >= 0.6 is 0 Å². The van der Waals surface area contributed by atoms with Crippen LogP contribution in [0, 0.1) is 6.92 Å². The van der Waals surface area contributed by atoms with Crippen molar-refractivity contribution in [2.45, 2.75) is 13.3 Å². The zero-order valence-corrected chi connectivity index (χ0v) is 8.47. The third-order valence-corrected chi connectivity index (χ3v) is 2.12. The first-order valence-corrected chi connectivity index (χ1v) is 4.55. The molecular formula is C10H12N4O. The summed E-state index contributed by atoms with van der Waals surface area (Å²) in [6.07, 6.45) is 0.671. The smallest absolute Gasteiger partial charge is 0.248 e. The quantitative estimate of drug-likeness (QED) is 0.453. The maximum Gasteiger partial charge on any atom is 0.248 e. The Balaban J connectivity index is 2.82. The van der Waals surface area contributed by atoms with Gasteiger partial charge in [0.05, 0.1) is 0 Å². The third kappa shape index (κ3) is 3.00. The number of azide groups is 1. The fraction of sp³-hybridized carbons (Fsp3) is 0.300. The molecule has 5 nitrogen and oxygen atoms in total. The molecular weight excluding hydrogens is 192 g/mol. The zero-order chi connectivity index (χ0) is 11.3. The number of hydrogen-bond donors (Lipinski definition) is 1. The summed E-state index contributed by atoms with van der Waals surface area (Å²) in [6, 6.07) is 5.40. The molecule has 1 aromatic carbocycles. The summed E-state index contributed by atoms with van der Waals surface area (Å²) in [7, 11) is 0. The molecule has 78 valence electrons. The lowest BCUT2D eigenvalue weighted by Gasteiger charge is -2.04. The predicted molar refractivity (Wildman–Crippen MR) is 57.4 cm³/mol. The zero-order valence-electron chi connectivity index (χ0n) is 8.47. The number of nitrogens with two attached hydrogens (primary N) is 1. The van der Waals surface area contributed by atoms with Gasteiger partial charge in [-0.15, -0.1) is 0 Å². The first-order chi connectivity index (χ1) is 7.15. The lowest BCUT2D eigenvalue weighted by Crippen LogP contribution is -2.12. The van der Waals surface area contributed by atoms with E-state index in [4.69, 9.17) is 11.3 Å². The topological polar surface area (TPSA) is 91.8 Å². The van der Waals surface area contributed by atoms with Gasteiger partial charge >= 0.3 is 0 Å². The van der Waals surface area contributed by atoms with Gasteiger partial charge in [-0.25, -0.2) is 0 Å². The number of carbonyl (C=O) groups is 1. The van der Waals surface area contributed by atoms with Crippen LogP contribution in [0.1, 0.15) is 21.5 Å². The first kappa shape index (κ1) is 11.1. The van der Waals surface area contributed by atoms with E-state index < -0.39 is 5.91 Å². The van der Waals surface area contributed by atoms with Crippen LogP contribution in [0.25, 0.3) is 10.4 Å². The van der Waals surface area contributed by atoms with Gasteiger partial charge in [-0.1, -0.05) is 17.2 Å². The number of amides is 1. The van der Waals surface area contributed by atoms with E-state index >= 15 is 0 Å². The van der Waals surface area contributed by atoms with Crippen LogP contribution < -0.4 is 5.73 Å². The van der Waals surface area contributed by atoms with Crippen molar-refractivity contribution in [3.63, 3.8) is 0 Å². The summed E-state index contributed by atoms with van der Waals surface area (Å²) >= 11 is 0. The molecule has 0 saturated carbocycles. The van der Waals surface area contributed by atoms with E-state index in [0.29, 0.717) is 18.5 Å². The largest absolute Gasteiger partial charge is 0.366 e. The van der Waals surface area contributed by atoms with E-state index in [0.717, 1.165) is 11.1 Å². The molecule has 0 aliphatic heterocycles. The molecule has 1 rings (SSSR count). The van der Waals surface area contributed by atoms with Gasteiger partial charge < -0.3 is 5.73 Å². The molecule has 0 unspecified atom stereocenters. The van der Waals surface area contributed by atoms with E-state index in [-0.39, 0.29) is 0 Å². The van der Waals surface area contributed by atoms with Crippen LogP contribution in [-0.4, -0.2) is 12.5 Å². The van der Waals surface area contributed by atoms with E-state index in [1.54, 1.807) is 6.07 Å². The Labute approximate surface area is 87.5 Å².